The predicted octanol–water partition coefficient (Wildman–Crippen LogP) is 3.46. The van der Waals surface area contributed by atoms with Crippen molar-refractivity contribution < 1.29 is 0 Å². The molecule has 0 bridgehead atoms. The Kier molecular flexibility index (Phi) is 6.33. The zero-order valence-corrected chi connectivity index (χ0v) is 13.1. The van der Waals surface area contributed by atoms with E-state index in [2.05, 4.69) is 42.4 Å². The molecule has 0 aromatic carbocycles. The van der Waals surface area contributed by atoms with Gasteiger partial charge in [-0.3, -0.25) is 5.32 Å². The monoisotopic (exact) mass is 277 g/mol. The Balaban J connectivity index is 2.50. The van der Waals surface area contributed by atoms with E-state index in [-0.39, 0.29) is 0 Å². The first-order valence-corrected chi connectivity index (χ1v) is 7.72. The van der Waals surface area contributed by atoms with Gasteiger partial charge in [0.05, 0.1) is 11.1 Å². The highest BCUT2D eigenvalue weighted by atomic mass is 32.2. The van der Waals surface area contributed by atoms with Crippen LogP contribution in [-0.4, -0.2) is 22.8 Å². The van der Waals surface area contributed by atoms with Crippen LogP contribution in [0.4, 0.5) is 0 Å². The quantitative estimate of drug-likeness (QED) is 0.775. The molecule has 0 spiro atoms. The topological polar surface area (TPSA) is 48.7 Å². The second-order valence-corrected chi connectivity index (χ2v) is 6.21. The molecule has 1 aromatic rings. The molecule has 0 aliphatic carbocycles. The van der Waals surface area contributed by atoms with Gasteiger partial charge in [0.15, 0.2) is 0 Å². The van der Waals surface area contributed by atoms with E-state index in [0.717, 1.165) is 35.9 Å². The highest BCUT2D eigenvalue weighted by Crippen LogP contribution is 2.21. The standard InChI is InChI=1S/C15H23N3S/c1-5-7-17-15(4,11-16)6-8-19-14-10-12(2)9-13(3)18-14/h9-10,17H,5-8H2,1-4H3. The molecule has 0 fully saturated rings. The van der Waals surface area contributed by atoms with Gasteiger partial charge in [0.2, 0.25) is 0 Å². The molecule has 1 heterocycles. The Morgan fingerprint density at radius 2 is 2.16 bits per heavy atom. The summed E-state index contributed by atoms with van der Waals surface area (Å²) in [6, 6.07) is 6.55. The van der Waals surface area contributed by atoms with Crippen LogP contribution in [0, 0.1) is 25.2 Å². The number of rotatable bonds is 7. The minimum absolute atomic E-state index is 0.429. The molecule has 0 saturated carbocycles. The van der Waals surface area contributed by atoms with Gasteiger partial charge in [0, 0.05) is 11.4 Å². The predicted molar refractivity (Wildman–Crippen MR) is 81.4 cm³/mol. The van der Waals surface area contributed by atoms with E-state index in [1.165, 1.54) is 5.56 Å². The Morgan fingerprint density at radius 1 is 1.42 bits per heavy atom. The van der Waals surface area contributed by atoms with Crippen molar-refractivity contribution in [1.82, 2.24) is 10.3 Å². The molecule has 0 aliphatic heterocycles. The molecule has 1 rings (SSSR count). The molecule has 0 amide bonds. The maximum Gasteiger partial charge on any atom is 0.104 e. The van der Waals surface area contributed by atoms with Crippen LogP contribution in [0.5, 0.6) is 0 Å². The van der Waals surface area contributed by atoms with Crippen LogP contribution in [0.2, 0.25) is 0 Å². The number of aromatic nitrogens is 1. The Labute approximate surface area is 120 Å². The van der Waals surface area contributed by atoms with Crippen molar-refractivity contribution in [1.29, 1.82) is 5.26 Å². The number of nitrogens with one attached hydrogen (secondary N) is 1. The fraction of sp³-hybridized carbons (Fsp3) is 0.600. The van der Waals surface area contributed by atoms with Crippen molar-refractivity contribution in [2.45, 2.75) is 51.1 Å². The van der Waals surface area contributed by atoms with Crippen LogP contribution < -0.4 is 5.32 Å². The molecular weight excluding hydrogens is 254 g/mol. The third-order valence-corrected chi connectivity index (χ3v) is 3.85. The smallest absolute Gasteiger partial charge is 0.104 e. The molecule has 1 N–H and O–H groups in total. The van der Waals surface area contributed by atoms with Crippen molar-refractivity contribution in [3.63, 3.8) is 0 Å². The third-order valence-electron chi connectivity index (χ3n) is 2.94. The number of nitrogens with zero attached hydrogens (tertiary/aromatic N) is 2. The average molecular weight is 277 g/mol. The normalized spacial score (nSPS) is 13.8. The van der Waals surface area contributed by atoms with Crippen LogP contribution in [0.25, 0.3) is 0 Å². The fourth-order valence-electron chi connectivity index (χ4n) is 1.82. The van der Waals surface area contributed by atoms with Crippen molar-refractivity contribution in [3.8, 4) is 6.07 Å². The molecule has 0 saturated heterocycles. The lowest BCUT2D eigenvalue weighted by molar-refractivity contribution is 0.437. The van der Waals surface area contributed by atoms with Crippen molar-refractivity contribution >= 4 is 11.8 Å². The number of aryl methyl sites for hydroxylation is 2. The van der Waals surface area contributed by atoms with Crippen LogP contribution in [0.3, 0.4) is 0 Å². The van der Waals surface area contributed by atoms with Crippen LogP contribution in [-0.2, 0) is 0 Å². The van der Waals surface area contributed by atoms with Gasteiger partial charge in [-0.15, -0.1) is 11.8 Å². The molecule has 0 radical (unpaired) electrons. The average Bonchev–Trinajstić information content (AvgIpc) is 2.35. The SMILES string of the molecule is CCCNC(C)(C#N)CCSc1cc(C)cc(C)n1. The molecule has 19 heavy (non-hydrogen) atoms. The number of hydrogen-bond acceptors (Lipinski definition) is 4. The highest BCUT2D eigenvalue weighted by Gasteiger charge is 2.22. The van der Waals surface area contributed by atoms with E-state index in [1.54, 1.807) is 11.8 Å². The van der Waals surface area contributed by atoms with Crippen molar-refractivity contribution in [2.24, 2.45) is 0 Å². The van der Waals surface area contributed by atoms with Crippen LogP contribution in [0.15, 0.2) is 17.2 Å². The summed E-state index contributed by atoms with van der Waals surface area (Å²) in [6.07, 6.45) is 1.87. The maximum absolute atomic E-state index is 9.26. The lowest BCUT2D eigenvalue weighted by atomic mass is 10.0. The summed E-state index contributed by atoms with van der Waals surface area (Å²) >= 11 is 1.72. The minimum atomic E-state index is -0.429. The zero-order valence-electron chi connectivity index (χ0n) is 12.3. The third kappa shape index (κ3) is 5.63. The van der Waals surface area contributed by atoms with Gasteiger partial charge >= 0.3 is 0 Å². The number of pyridine rings is 1. The van der Waals surface area contributed by atoms with Gasteiger partial charge < -0.3 is 0 Å². The lowest BCUT2D eigenvalue weighted by Gasteiger charge is -2.22. The van der Waals surface area contributed by atoms with E-state index in [1.807, 2.05) is 13.8 Å². The molecule has 104 valence electrons. The molecule has 3 nitrogen and oxygen atoms in total. The van der Waals surface area contributed by atoms with Gasteiger partial charge in [-0.25, -0.2) is 4.98 Å². The van der Waals surface area contributed by atoms with Crippen LogP contribution >= 0.6 is 11.8 Å². The summed E-state index contributed by atoms with van der Waals surface area (Å²) in [5.74, 6) is 0.899. The summed E-state index contributed by atoms with van der Waals surface area (Å²) in [4.78, 5) is 4.50. The van der Waals surface area contributed by atoms with Crippen molar-refractivity contribution in [2.75, 3.05) is 12.3 Å². The zero-order chi connectivity index (χ0) is 14.3. The molecule has 1 unspecified atom stereocenters. The summed E-state index contributed by atoms with van der Waals surface area (Å²) in [6.45, 7) is 9.06. The molecule has 1 aromatic heterocycles. The molecule has 4 heteroatoms. The van der Waals surface area contributed by atoms with E-state index in [0.29, 0.717) is 0 Å². The molecular formula is C15H23N3S. The summed E-state index contributed by atoms with van der Waals surface area (Å²) < 4.78 is 0. The number of hydrogen-bond donors (Lipinski definition) is 1. The Hall–Kier alpha value is -1.05. The van der Waals surface area contributed by atoms with Gasteiger partial charge in [0.1, 0.15) is 5.54 Å². The van der Waals surface area contributed by atoms with E-state index in [9.17, 15) is 5.26 Å². The maximum atomic E-state index is 9.26. The molecule has 1 atom stereocenters. The Morgan fingerprint density at radius 3 is 2.74 bits per heavy atom. The fourth-order valence-corrected chi connectivity index (χ4v) is 3.02. The summed E-state index contributed by atoms with van der Waals surface area (Å²) in [5, 5.41) is 13.6. The first-order valence-electron chi connectivity index (χ1n) is 6.73. The van der Waals surface area contributed by atoms with E-state index >= 15 is 0 Å². The lowest BCUT2D eigenvalue weighted by Crippen LogP contribution is -2.41. The van der Waals surface area contributed by atoms with E-state index < -0.39 is 5.54 Å². The number of thioether (sulfide) groups is 1. The van der Waals surface area contributed by atoms with Gasteiger partial charge in [-0.2, -0.15) is 5.26 Å². The molecule has 0 aliphatic rings. The van der Waals surface area contributed by atoms with Crippen LogP contribution in [0.1, 0.15) is 37.9 Å². The van der Waals surface area contributed by atoms with Crippen molar-refractivity contribution in [3.05, 3.63) is 23.4 Å². The Bertz CT molecular complexity index is 433. The van der Waals surface area contributed by atoms with Gasteiger partial charge in [-0.1, -0.05) is 6.92 Å². The second kappa shape index (κ2) is 7.52. The van der Waals surface area contributed by atoms with E-state index in [4.69, 9.17) is 0 Å². The minimum Gasteiger partial charge on any atom is -0.300 e. The highest BCUT2D eigenvalue weighted by molar-refractivity contribution is 7.99. The largest absolute Gasteiger partial charge is 0.300 e. The van der Waals surface area contributed by atoms with Gasteiger partial charge in [0.25, 0.3) is 0 Å². The van der Waals surface area contributed by atoms with Gasteiger partial charge in [-0.05, 0) is 57.9 Å². The number of nitriles is 1. The second-order valence-electron chi connectivity index (χ2n) is 5.09. The first-order chi connectivity index (χ1) is 8.99. The first kappa shape index (κ1) is 16.0. The summed E-state index contributed by atoms with van der Waals surface area (Å²) in [7, 11) is 0. The summed E-state index contributed by atoms with van der Waals surface area (Å²) in [5.41, 5.74) is 1.86.